The fourth-order valence-electron chi connectivity index (χ4n) is 3.18. The van der Waals surface area contributed by atoms with Gasteiger partial charge in [-0.2, -0.15) is 0 Å². The second kappa shape index (κ2) is 8.69. The molecule has 1 heterocycles. The standard InChI is InChI=1S/C24H22N2O4/c1-16(17-7-3-2-4-8-17)25-23(27)18-11-13-19(14-12-18)26-24(28)22-15-29-20-9-5-6-10-21(20)30-22/h2-14,16,22H,15H2,1H3,(H,25,27)(H,26,28). The predicted molar refractivity (Wildman–Crippen MR) is 114 cm³/mol. The molecule has 1 aliphatic heterocycles. The molecule has 4 rings (SSSR count). The average molecular weight is 402 g/mol. The molecule has 3 aromatic rings. The maximum Gasteiger partial charge on any atom is 0.269 e. The number of benzene rings is 3. The summed E-state index contributed by atoms with van der Waals surface area (Å²) in [6.07, 6.45) is -0.741. The van der Waals surface area contributed by atoms with Crippen LogP contribution in [0.3, 0.4) is 0 Å². The number of hydrogen-bond acceptors (Lipinski definition) is 4. The molecule has 6 heteroatoms. The van der Waals surface area contributed by atoms with Gasteiger partial charge in [-0.1, -0.05) is 42.5 Å². The smallest absolute Gasteiger partial charge is 0.269 e. The van der Waals surface area contributed by atoms with Crippen molar-refractivity contribution in [3.8, 4) is 11.5 Å². The molecule has 2 atom stereocenters. The first-order chi connectivity index (χ1) is 14.6. The van der Waals surface area contributed by atoms with Crippen molar-refractivity contribution in [2.24, 2.45) is 0 Å². The first-order valence-electron chi connectivity index (χ1n) is 9.75. The molecule has 2 unspecified atom stereocenters. The molecule has 0 saturated carbocycles. The fourth-order valence-corrected chi connectivity index (χ4v) is 3.18. The monoisotopic (exact) mass is 402 g/mol. The molecular weight excluding hydrogens is 380 g/mol. The van der Waals surface area contributed by atoms with Gasteiger partial charge in [-0.3, -0.25) is 9.59 Å². The van der Waals surface area contributed by atoms with Gasteiger partial charge in [0.2, 0.25) is 6.10 Å². The summed E-state index contributed by atoms with van der Waals surface area (Å²) in [7, 11) is 0. The molecule has 2 amide bonds. The van der Waals surface area contributed by atoms with Crippen LogP contribution in [-0.2, 0) is 4.79 Å². The molecule has 30 heavy (non-hydrogen) atoms. The Bertz CT molecular complexity index is 1030. The maximum atomic E-state index is 12.5. The van der Waals surface area contributed by atoms with Crippen molar-refractivity contribution >= 4 is 17.5 Å². The zero-order chi connectivity index (χ0) is 20.9. The van der Waals surface area contributed by atoms with Gasteiger partial charge < -0.3 is 20.1 Å². The summed E-state index contributed by atoms with van der Waals surface area (Å²) < 4.78 is 11.3. The van der Waals surface area contributed by atoms with Crippen molar-refractivity contribution in [1.82, 2.24) is 5.32 Å². The van der Waals surface area contributed by atoms with Crippen LogP contribution in [0.15, 0.2) is 78.9 Å². The van der Waals surface area contributed by atoms with Crippen LogP contribution < -0.4 is 20.1 Å². The third-order valence-corrected chi connectivity index (χ3v) is 4.86. The summed E-state index contributed by atoms with van der Waals surface area (Å²) in [6, 6.07) is 23.6. The van der Waals surface area contributed by atoms with Crippen LogP contribution in [0.4, 0.5) is 5.69 Å². The minimum atomic E-state index is -0.741. The molecule has 2 N–H and O–H groups in total. The van der Waals surface area contributed by atoms with Crippen LogP contribution in [0.2, 0.25) is 0 Å². The zero-order valence-electron chi connectivity index (χ0n) is 16.5. The topological polar surface area (TPSA) is 76.7 Å². The minimum Gasteiger partial charge on any atom is -0.485 e. The lowest BCUT2D eigenvalue weighted by Crippen LogP contribution is -2.40. The molecule has 152 valence electrons. The van der Waals surface area contributed by atoms with Gasteiger partial charge >= 0.3 is 0 Å². The second-order valence-electron chi connectivity index (χ2n) is 7.04. The number of para-hydroxylation sites is 2. The Morgan fingerprint density at radius 3 is 2.30 bits per heavy atom. The highest BCUT2D eigenvalue weighted by molar-refractivity contribution is 5.97. The van der Waals surface area contributed by atoms with E-state index >= 15 is 0 Å². The van der Waals surface area contributed by atoms with Gasteiger partial charge in [0.1, 0.15) is 6.61 Å². The summed E-state index contributed by atoms with van der Waals surface area (Å²) in [5.41, 5.74) is 2.13. The molecule has 0 radical (unpaired) electrons. The number of amides is 2. The van der Waals surface area contributed by atoms with E-state index in [1.54, 1.807) is 36.4 Å². The largest absolute Gasteiger partial charge is 0.485 e. The van der Waals surface area contributed by atoms with E-state index < -0.39 is 6.10 Å². The van der Waals surface area contributed by atoms with E-state index in [4.69, 9.17) is 9.47 Å². The molecule has 0 saturated heterocycles. The second-order valence-corrected chi connectivity index (χ2v) is 7.04. The van der Waals surface area contributed by atoms with E-state index in [9.17, 15) is 9.59 Å². The Balaban J connectivity index is 1.34. The highest BCUT2D eigenvalue weighted by Crippen LogP contribution is 2.31. The van der Waals surface area contributed by atoms with Crippen LogP contribution in [-0.4, -0.2) is 24.5 Å². The van der Waals surface area contributed by atoms with Gasteiger partial charge in [-0.25, -0.2) is 0 Å². The average Bonchev–Trinajstić information content (AvgIpc) is 2.79. The highest BCUT2D eigenvalue weighted by atomic mass is 16.6. The lowest BCUT2D eigenvalue weighted by Gasteiger charge is -2.25. The first-order valence-corrected chi connectivity index (χ1v) is 9.75. The Morgan fingerprint density at radius 2 is 1.57 bits per heavy atom. The van der Waals surface area contributed by atoms with E-state index in [0.29, 0.717) is 22.7 Å². The first kappa shape index (κ1) is 19.5. The number of carbonyl (C=O) groups excluding carboxylic acids is 2. The number of nitrogens with one attached hydrogen (secondary N) is 2. The highest BCUT2D eigenvalue weighted by Gasteiger charge is 2.27. The van der Waals surface area contributed by atoms with Crippen molar-refractivity contribution in [3.63, 3.8) is 0 Å². The molecule has 0 aliphatic carbocycles. The van der Waals surface area contributed by atoms with Crippen LogP contribution in [0.5, 0.6) is 11.5 Å². The Labute approximate surface area is 174 Å². The van der Waals surface area contributed by atoms with Gasteiger partial charge in [0.25, 0.3) is 11.8 Å². The van der Waals surface area contributed by atoms with Crippen molar-refractivity contribution in [1.29, 1.82) is 0 Å². The number of hydrogen-bond donors (Lipinski definition) is 2. The minimum absolute atomic E-state index is 0.107. The summed E-state index contributed by atoms with van der Waals surface area (Å²) >= 11 is 0. The molecule has 0 bridgehead atoms. The third-order valence-electron chi connectivity index (χ3n) is 4.86. The number of ether oxygens (including phenoxy) is 2. The molecule has 6 nitrogen and oxygen atoms in total. The Hall–Kier alpha value is -3.80. The summed E-state index contributed by atoms with van der Waals surface area (Å²) in [6.45, 7) is 2.08. The van der Waals surface area contributed by atoms with Gasteiger partial charge in [0.05, 0.1) is 6.04 Å². The molecule has 1 aliphatic rings. The Kier molecular flexibility index (Phi) is 5.66. The maximum absolute atomic E-state index is 12.5. The summed E-state index contributed by atoms with van der Waals surface area (Å²) in [5.74, 6) is 0.689. The van der Waals surface area contributed by atoms with E-state index in [2.05, 4.69) is 10.6 Å². The number of rotatable bonds is 5. The molecule has 3 aromatic carbocycles. The SMILES string of the molecule is CC(NC(=O)c1ccc(NC(=O)C2COc3ccccc3O2)cc1)c1ccccc1. The number of fused-ring (bicyclic) bond motifs is 1. The van der Waals surface area contributed by atoms with E-state index in [1.165, 1.54) is 0 Å². The lowest BCUT2D eigenvalue weighted by molar-refractivity contribution is -0.125. The lowest BCUT2D eigenvalue weighted by atomic mass is 10.1. The van der Waals surface area contributed by atoms with Crippen molar-refractivity contribution in [3.05, 3.63) is 90.0 Å². The number of anilines is 1. The van der Waals surface area contributed by atoms with Crippen molar-refractivity contribution in [2.75, 3.05) is 11.9 Å². The van der Waals surface area contributed by atoms with E-state index in [1.807, 2.05) is 49.4 Å². The van der Waals surface area contributed by atoms with Crippen LogP contribution in [0, 0.1) is 0 Å². The molecule has 0 spiro atoms. The van der Waals surface area contributed by atoms with Gasteiger partial charge in [-0.15, -0.1) is 0 Å². The fraction of sp³-hybridized carbons (Fsp3) is 0.167. The summed E-state index contributed by atoms with van der Waals surface area (Å²) in [5, 5.41) is 5.77. The zero-order valence-corrected chi connectivity index (χ0v) is 16.5. The van der Waals surface area contributed by atoms with Crippen LogP contribution in [0.25, 0.3) is 0 Å². The van der Waals surface area contributed by atoms with E-state index in [-0.39, 0.29) is 24.5 Å². The molecular formula is C24H22N2O4. The normalized spacial score (nSPS) is 15.7. The van der Waals surface area contributed by atoms with Gasteiger partial charge in [0.15, 0.2) is 11.5 Å². The van der Waals surface area contributed by atoms with Crippen molar-refractivity contribution in [2.45, 2.75) is 19.1 Å². The Morgan fingerprint density at radius 1 is 0.900 bits per heavy atom. The van der Waals surface area contributed by atoms with E-state index in [0.717, 1.165) is 5.56 Å². The predicted octanol–water partition coefficient (Wildman–Crippen LogP) is 3.96. The summed E-state index contributed by atoms with van der Waals surface area (Å²) in [4.78, 5) is 25.0. The van der Waals surface area contributed by atoms with Crippen LogP contribution in [0.1, 0.15) is 28.9 Å². The molecule has 0 aromatic heterocycles. The quantitative estimate of drug-likeness (QED) is 0.677. The van der Waals surface area contributed by atoms with Crippen LogP contribution >= 0.6 is 0 Å². The molecule has 0 fully saturated rings. The number of carbonyl (C=O) groups is 2. The van der Waals surface area contributed by atoms with Gasteiger partial charge in [0, 0.05) is 11.3 Å². The van der Waals surface area contributed by atoms with Crippen molar-refractivity contribution < 1.29 is 19.1 Å². The third kappa shape index (κ3) is 4.43. The van der Waals surface area contributed by atoms with Gasteiger partial charge in [-0.05, 0) is 48.9 Å².